The van der Waals surface area contributed by atoms with Crippen LogP contribution in [0.15, 0.2) is 151 Å². The van der Waals surface area contributed by atoms with E-state index in [1.54, 1.807) is 58.8 Å². The maximum Gasteiger partial charge on any atom is 0.496 e. The minimum Gasteiger partial charge on any atom is -0.497 e. The van der Waals surface area contributed by atoms with Gasteiger partial charge >= 0.3 is 25.0 Å². The number of hydrogen-bond donors (Lipinski definition) is 6. The number of fused-ring (bicyclic) bond motifs is 4. The first-order chi connectivity index (χ1) is 68.0. The van der Waals surface area contributed by atoms with Crippen LogP contribution in [0.3, 0.4) is 0 Å². The topological polar surface area (TPSA) is 391 Å². The van der Waals surface area contributed by atoms with Crippen molar-refractivity contribution < 1.29 is 137 Å². The second-order valence-corrected chi connectivity index (χ2v) is 35.0. The zero-order valence-electron chi connectivity index (χ0n) is 80.9. The minimum absolute atomic E-state index is 0. The number of carbonyl (C=O) groups excluding carboxylic acids is 5. The maximum atomic E-state index is 14.1. The number of hydrogen-bond acceptors (Lipinski definition) is 26. The molecule has 0 saturated carbocycles. The van der Waals surface area contributed by atoms with Crippen LogP contribution in [0.4, 0.5) is 26.3 Å². The number of nitriles is 1. The first kappa shape index (κ1) is 124. The molecule has 14 rings (SSSR count). The van der Waals surface area contributed by atoms with Gasteiger partial charge in [0.25, 0.3) is 17.1 Å². The van der Waals surface area contributed by atoms with Crippen molar-refractivity contribution in [3.63, 3.8) is 0 Å². The van der Waals surface area contributed by atoms with E-state index in [0.29, 0.717) is 129 Å². The SMILES string of the molecule is C.C.CC#N.CCOCc1cc(OC)c(-c2ccc(C[C@H](NC(=O)c3c(F)cccc3F)C(=O)O)c3c2CCCO3)c(OC)c1.CCOCc1cc(OC)c(B(O)O)c(OC)c1.COC(=O)[C@@H](N)Cc1ccc(Br)c2c1OCCC2.COC(=O)[C@H](Cc1ccc(Br)c2c1OCCC2)NC(=O)c1c(F)cccc1F.COC1=N[C@H](C(C)C)C(OC)=N[C@H]1Cc1ccc(Br)c2c1OCCC2.Cl.O=C(Cl)c1c(F)cccc1F. The largest absolute Gasteiger partial charge is 0.497 e. The number of carbonyl (C=O) groups is 6. The molecule has 145 heavy (non-hydrogen) atoms. The fourth-order valence-electron chi connectivity index (χ4n) is 15.7. The number of halogens is 11. The van der Waals surface area contributed by atoms with Gasteiger partial charge in [-0.05, 0) is 201 Å². The predicted molar refractivity (Wildman–Crippen MR) is 552 cm³/mol. The summed E-state index contributed by atoms with van der Waals surface area (Å²) >= 11 is 15.5. The van der Waals surface area contributed by atoms with E-state index in [-0.39, 0.29) is 57.6 Å². The molecule has 0 radical (unpaired) electrons. The lowest BCUT2D eigenvalue weighted by atomic mass is 9.78. The van der Waals surface area contributed by atoms with Crippen LogP contribution in [0.5, 0.6) is 46.0 Å². The molecular formula is C104H122BBr3Cl2F6N6O23. The third-order valence-corrected chi connectivity index (χ3v) is 24.8. The number of methoxy groups -OCH3 is 8. The van der Waals surface area contributed by atoms with Crippen LogP contribution in [0.25, 0.3) is 11.1 Å². The molecule has 0 fully saturated rings. The van der Waals surface area contributed by atoms with Crippen molar-refractivity contribution in [3.8, 4) is 63.2 Å². The zero-order chi connectivity index (χ0) is 104. The average Bonchev–Trinajstić information content (AvgIpc) is 0.756. The lowest BCUT2D eigenvalue weighted by Gasteiger charge is -2.28. The molecule has 0 bridgehead atoms. The van der Waals surface area contributed by atoms with E-state index >= 15 is 0 Å². The van der Waals surface area contributed by atoms with Gasteiger partial charge in [0.15, 0.2) is 0 Å². The zero-order valence-corrected chi connectivity index (χ0v) is 87.3. The third-order valence-electron chi connectivity index (χ3n) is 22.4. The molecule has 9 aromatic carbocycles. The second-order valence-electron chi connectivity index (χ2n) is 32.1. The van der Waals surface area contributed by atoms with E-state index < -0.39 is 112 Å². The summed E-state index contributed by atoms with van der Waals surface area (Å²) in [5, 5.41) is 39.2. The number of nitrogens with zero attached hydrogens (tertiary/aromatic N) is 3. The summed E-state index contributed by atoms with van der Waals surface area (Å²) in [6, 6.07) is 29.9. The molecule has 41 heteroatoms. The van der Waals surface area contributed by atoms with Gasteiger partial charge in [0.1, 0.15) is 128 Å². The van der Waals surface area contributed by atoms with Crippen LogP contribution in [-0.2, 0) is 107 Å². The Balaban J connectivity index is 0.000000315. The standard InChI is InChI=1S/C30H31F2NO7.C20H18BrF2NO4.C19H25BrN2O3.C13H16BrNO3.C11H17BO5.C7H3ClF2O.C2H3N.2CH4.ClH/c1-4-39-16-17-13-24(37-2)26(25(14-17)38-3)19-11-10-18(28-20(19)7-6-12-40-28)15-23(30(35)36)33-29(34)27-21(31)8-5-9-22(27)32;1-27-20(26)16(24-19(25)17-14(22)5-2-6-15(17)23)10-11-7-8-13(21)12-4-3-9-28-18(11)12;1-11(2)16-19(24-4)21-15(18(22-16)23-3)10-12-7-8-14(20)13-6-5-9-25-17(12)13;1-17-13(16)11(15)7-8-4-5-10(14)9-3-2-6-18-12(8)9;1-4-17-7-8-5-9(15-2)11(12(13)14)10(6-8)16-3;8-7(11)6-4(9)2-1-3-5(6)10;1-2-3;;;/h5,8-11,13-14,23H,4,6-7,12,15-16H2,1-3H3,(H,33,34)(H,35,36);2,5-8,16H,3-4,9-10H2,1H3,(H,24,25);7-8,11,15-16H,5-6,9-10H2,1-4H3;4-5,11H,2-3,6-7,15H2,1H3;5-6,13-14H,4,7H2,1-3H3;1-3H;1H3;2*1H4;1H/t23-;16-;15-,16+;11-;;;;;;/m0000....../s1. The Morgan fingerprint density at radius 2 is 0.862 bits per heavy atom. The van der Waals surface area contributed by atoms with E-state index in [4.69, 9.17) is 94.2 Å². The van der Waals surface area contributed by atoms with Gasteiger partial charge in [-0.3, -0.25) is 19.2 Å². The van der Waals surface area contributed by atoms with Crippen molar-refractivity contribution in [2.24, 2.45) is 21.6 Å². The molecule has 786 valence electrons. The quantitative estimate of drug-likeness (QED) is 0.0110. The fraction of sp³-hybridized carbons (Fsp3) is 0.394. The number of ether oxygens (including phenoxy) is 14. The maximum absolute atomic E-state index is 14.1. The highest BCUT2D eigenvalue weighted by atomic mass is 79.9. The van der Waals surface area contributed by atoms with Crippen LogP contribution in [-0.4, -0.2) is 196 Å². The van der Waals surface area contributed by atoms with E-state index in [9.17, 15) is 70.3 Å². The lowest BCUT2D eigenvalue weighted by Crippen LogP contribution is -2.43. The Morgan fingerprint density at radius 3 is 1.22 bits per heavy atom. The van der Waals surface area contributed by atoms with Crippen LogP contribution in [0.1, 0.15) is 162 Å². The first-order valence-corrected chi connectivity index (χ1v) is 47.7. The summed E-state index contributed by atoms with van der Waals surface area (Å²) in [5.41, 5.74) is 14.5. The summed E-state index contributed by atoms with van der Waals surface area (Å²) in [7, 11) is 10.3. The van der Waals surface area contributed by atoms with Crippen molar-refractivity contribution in [3.05, 3.63) is 248 Å². The minimum atomic E-state index is -1.64. The Morgan fingerprint density at radius 1 is 0.510 bits per heavy atom. The Bertz CT molecular complexity index is 5900. The van der Waals surface area contributed by atoms with E-state index in [0.717, 1.165) is 181 Å². The molecule has 7 N–H and O–H groups in total. The molecule has 5 aliphatic heterocycles. The summed E-state index contributed by atoms with van der Waals surface area (Å²) in [4.78, 5) is 80.6. The molecule has 0 spiro atoms. The van der Waals surface area contributed by atoms with Crippen molar-refractivity contribution >= 4 is 131 Å². The highest BCUT2D eigenvalue weighted by Gasteiger charge is 2.36. The van der Waals surface area contributed by atoms with Gasteiger partial charge in [-0.25, -0.2) is 45.9 Å². The van der Waals surface area contributed by atoms with Gasteiger partial charge in [-0.15, -0.1) is 12.4 Å². The predicted octanol–water partition coefficient (Wildman–Crippen LogP) is 18.6. The number of benzene rings is 9. The summed E-state index contributed by atoms with van der Waals surface area (Å²) < 4.78 is 161. The first-order valence-electron chi connectivity index (χ1n) is 45.0. The lowest BCUT2D eigenvalue weighted by molar-refractivity contribution is -0.143. The van der Waals surface area contributed by atoms with Gasteiger partial charge in [0, 0.05) is 81.5 Å². The molecule has 9 aromatic rings. The smallest absolute Gasteiger partial charge is 0.496 e. The molecule has 5 atom stereocenters. The number of aliphatic carboxylic acids is 1. The molecule has 2 amide bonds. The van der Waals surface area contributed by atoms with Crippen LogP contribution in [0, 0.1) is 52.2 Å². The average molecular weight is 2260 g/mol. The molecule has 0 aromatic heterocycles. The molecular weight excluding hydrogens is 2140 g/mol. The third kappa shape index (κ3) is 33.7. The van der Waals surface area contributed by atoms with Crippen LogP contribution in [0.2, 0.25) is 0 Å². The number of aliphatic imine (C=N–C) groups is 2. The molecule has 0 saturated heterocycles. The number of rotatable bonds is 29. The van der Waals surface area contributed by atoms with Gasteiger partial charge in [0.2, 0.25) is 11.8 Å². The molecule has 29 nitrogen and oxygen atoms in total. The highest BCUT2D eigenvalue weighted by molar-refractivity contribution is 9.11. The summed E-state index contributed by atoms with van der Waals surface area (Å²) in [6.45, 7) is 13.9. The number of carboxylic acids is 1. The summed E-state index contributed by atoms with van der Waals surface area (Å²) in [5.74, 6) is -4.18. The molecule has 0 unspecified atom stereocenters. The van der Waals surface area contributed by atoms with E-state index in [2.05, 4.69) is 89.1 Å². The van der Waals surface area contributed by atoms with E-state index in [1.807, 2.05) is 50.2 Å². The van der Waals surface area contributed by atoms with Crippen molar-refractivity contribution in [2.75, 3.05) is 96.5 Å². The number of amides is 2. The highest BCUT2D eigenvalue weighted by Crippen LogP contribution is 2.47. The Kier molecular flexibility index (Phi) is 52.6. The number of nitrogens with one attached hydrogen (secondary N) is 2. The Hall–Kier alpha value is -11.7. The van der Waals surface area contributed by atoms with Crippen molar-refractivity contribution in [1.29, 1.82) is 5.26 Å². The fourth-order valence-corrected chi connectivity index (χ4v) is 17.4. The number of esters is 2. The second kappa shape index (κ2) is 61.7. The van der Waals surface area contributed by atoms with Crippen LogP contribution >= 0.6 is 71.8 Å². The molecule has 5 aliphatic rings. The van der Waals surface area contributed by atoms with Crippen molar-refractivity contribution in [2.45, 2.75) is 170 Å². The number of nitrogens with two attached hydrogens (primary N) is 1. The Labute approximate surface area is 877 Å². The van der Waals surface area contributed by atoms with Gasteiger partial charge in [-0.1, -0.05) is 125 Å². The van der Waals surface area contributed by atoms with Gasteiger partial charge in [0.05, 0.1) is 114 Å². The molecule has 5 heterocycles. The monoisotopic (exact) mass is 2250 g/mol. The van der Waals surface area contributed by atoms with Crippen LogP contribution < -0.4 is 59.7 Å². The van der Waals surface area contributed by atoms with Gasteiger partial charge in [-0.2, -0.15) is 5.26 Å². The summed E-state index contributed by atoms with van der Waals surface area (Å²) in [6.07, 6.45) is 8.16. The molecule has 0 aliphatic carbocycles. The van der Waals surface area contributed by atoms with E-state index in [1.165, 1.54) is 40.9 Å². The van der Waals surface area contributed by atoms with Crippen molar-refractivity contribution in [1.82, 2.24) is 10.6 Å². The normalized spacial score (nSPS) is 14.1. The number of carboxylic acid groups (broad SMARTS) is 1. The van der Waals surface area contributed by atoms with Gasteiger partial charge < -0.3 is 97.8 Å².